The Labute approximate surface area is 151 Å². The Hall–Kier alpha value is -2.54. The number of carboxylic acid groups (broad SMARTS) is 1. The molecule has 0 atom stereocenters. The number of benzene rings is 1. The van der Waals surface area contributed by atoms with Gasteiger partial charge in [-0.1, -0.05) is 6.07 Å². The normalized spacial score (nSPS) is 17.0. The van der Waals surface area contributed by atoms with Crippen molar-refractivity contribution in [3.8, 4) is 5.75 Å². The van der Waals surface area contributed by atoms with Crippen molar-refractivity contribution >= 4 is 5.97 Å². The number of piperidine rings is 1. The number of carboxylic acids is 1. The molecule has 3 rings (SSSR count). The Kier molecular flexibility index (Phi) is 5.18. The van der Waals surface area contributed by atoms with E-state index in [0.29, 0.717) is 25.5 Å². The summed E-state index contributed by atoms with van der Waals surface area (Å²) < 4.78 is 19.7. The van der Waals surface area contributed by atoms with Gasteiger partial charge in [-0.15, -0.1) is 0 Å². The molecule has 0 amide bonds. The molecule has 2 heterocycles. The van der Waals surface area contributed by atoms with Crippen LogP contribution in [0.4, 0.5) is 4.39 Å². The van der Waals surface area contributed by atoms with Crippen molar-refractivity contribution in [3.63, 3.8) is 0 Å². The number of hydrogen-bond acceptors (Lipinski definition) is 5. The maximum Gasteiger partial charge on any atom is 0.348 e. The van der Waals surface area contributed by atoms with Gasteiger partial charge < -0.3 is 9.84 Å². The molecule has 2 aromatic rings. The average Bonchev–Trinajstić information content (AvgIpc) is 2.62. The number of aromatic nitrogens is 2. The van der Waals surface area contributed by atoms with E-state index in [9.17, 15) is 14.3 Å². The van der Waals surface area contributed by atoms with Crippen LogP contribution in [0.25, 0.3) is 0 Å². The molecule has 0 saturated carbocycles. The van der Waals surface area contributed by atoms with Crippen molar-refractivity contribution in [2.24, 2.45) is 0 Å². The summed E-state index contributed by atoms with van der Waals surface area (Å²) in [6, 6.07) is 4.46. The minimum atomic E-state index is -1.41. The fourth-order valence-corrected chi connectivity index (χ4v) is 3.09. The van der Waals surface area contributed by atoms with E-state index in [-0.39, 0.29) is 18.6 Å². The molecule has 1 aromatic carbocycles. The Morgan fingerprint density at radius 1 is 1.27 bits per heavy atom. The van der Waals surface area contributed by atoms with Crippen LogP contribution >= 0.6 is 0 Å². The minimum Gasteiger partial charge on any atom is -0.478 e. The second-order valence-electron chi connectivity index (χ2n) is 6.75. The van der Waals surface area contributed by atoms with Crippen LogP contribution < -0.4 is 4.74 Å². The first-order valence-electron chi connectivity index (χ1n) is 8.56. The molecule has 0 aliphatic carbocycles. The number of likely N-dealkylation sites (tertiary alicyclic amines) is 1. The van der Waals surface area contributed by atoms with Crippen LogP contribution in [0, 0.1) is 19.7 Å². The maximum atomic E-state index is 14.0. The first-order valence-corrected chi connectivity index (χ1v) is 8.56. The molecule has 0 spiro atoms. The quantitative estimate of drug-likeness (QED) is 0.885. The van der Waals surface area contributed by atoms with Crippen LogP contribution in [-0.4, -0.2) is 44.6 Å². The van der Waals surface area contributed by atoms with Gasteiger partial charge in [0.15, 0.2) is 11.6 Å². The fraction of sp³-hybridized carbons (Fsp3) is 0.421. The van der Waals surface area contributed by atoms with E-state index in [1.165, 1.54) is 12.1 Å². The Morgan fingerprint density at radius 3 is 2.54 bits per heavy atom. The molecule has 0 radical (unpaired) electrons. The van der Waals surface area contributed by atoms with E-state index in [0.717, 1.165) is 11.1 Å². The number of aryl methyl sites for hydroxylation is 2. The van der Waals surface area contributed by atoms with Crippen LogP contribution in [0.5, 0.6) is 5.75 Å². The lowest BCUT2D eigenvalue weighted by atomic mass is 9.90. The first-order chi connectivity index (χ1) is 12.4. The summed E-state index contributed by atoms with van der Waals surface area (Å²) in [4.78, 5) is 22.4. The summed E-state index contributed by atoms with van der Waals surface area (Å²) in [6.07, 6.45) is 4.12. The molecule has 138 valence electrons. The first kappa shape index (κ1) is 18.3. The molecule has 1 fully saturated rings. The van der Waals surface area contributed by atoms with Crippen LogP contribution in [0.2, 0.25) is 0 Å². The van der Waals surface area contributed by atoms with Crippen LogP contribution in [-0.2, 0) is 11.3 Å². The maximum absolute atomic E-state index is 14.0. The average molecular weight is 359 g/mol. The van der Waals surface area contributed by atoms with Gasteiger partial charge in [-0.3, -0.25) is 4.90 Å². The largest absolute Gasteiger partial charge is 0.478 e. The third-order valence-corrected chi connectivity index (χ3v) is 4.69. The zero-order chi connectivity index (χ0) is 18.7. The third-order valence-electron chi connectivity index (χ3n) is 4.69. The van der Waals surface area contributed by atoms with Gasteiger partial charge in [-0.2, -0.15) is 0 Å². The molecule has 1 saturated heterocycles. The Morgan fingerprint density at radius 2 is 1.92 bits per heavy atom. The molecule has 26 heavy (non-hydrogen) atoms. The molecule has 0 unspecified atom stereocenters. The standard InChI is InChI=1S/C19H22FN3O3/c1-13-3-4-16(20)17(9-13)26-19(18(24)25)5-7-23(8-6-19)12-15-10-21-14(2)22-11-15/h3-4,9-11H,5-8,12H2,1-2H3,(H,24,25). The number of aliphatic carboxylic acids is 1. The molecule has 1 aliphatic rings. The molecule has 6 nitrogen and oxygen atoms in total. The van der Waals surface area contributed by atoms with Crippen LogP contribution in [0.1, 0.15) is 29.8 Å². The number of nitrogens with zero attached hydrogens (tertiary/aromatic N) is 3. The van der Waals surface area contributed by atoms with E-state index in [4.69, 9.17) is 4.74 Å². The van der Waals surface area contributed by atoms with Gasteiger partial charge in [0.1, 0.15) is 5.82 Å². The van der Waals surface area contributed by atoms with E-state index in [1.54, 1.807) is 18.5 Å². The highest BCUT2D eigenvalue weighted by Gasteiger charge is 2.44. The van der Waals surface area contributed by atoms with Crippen molar-refractivity contribution in [1.29, 1.82) is 0 Å². The number of hydrogen-bond donors (Lipinski definition) is 1. The molecule has 1 aromatic heterocycles. The zero-order valence-electron chi connectivity index (χ0n) is 14.9. The molecule has 1 aliphatic heterocycles. The van der Waals surface area contributed by atoms with E-state index >= 15 is 0 Å². The third kappa shape index (κ3) is 3.99. The predicted octanol–water partition coefficient (Wildman–Crippen LogP) is 2.73. The van der Waals surface area contributed by atoms with E-state index < -0.39 is 17.4 Å². The number of ether oxygens (including phenoxy) is 1. The van der Waals surface area contributed by atoms with Gasteiger partial charge >= 0.3 is 5.97 Å². The van der Waals surface area contributed by atoms with Gasteiger partial charge in [0.25, 0.3) is 0 Å². The minimum absolute atomic E-state index is 0.00668. The zero-order valence-corrected chi connectivity index (χ0v) is 14.9. The molecule has 1 N–H and O–H groups in total. The highest BCUT2D eigenvalue weighted by atomic mass is 19.1. The second kappa shape index (κ2) is 7.37. The highest BCUT2D eigenvalue weighted by Crippen LogP contribution is 2.31. The number of carbonyl (C=O) groups is 1. The van der Waals surface area contributed by atoms with E-state index in [1.807, 2.05) is 13.8 Å². The van der Waals surface area contributed by atoms with Gasteiger partial charge in [-0.25, -0.2) is 19.2 Å². The summed E-state index contributed by atoms with van der Waals surface area (Å²) in [5.41, 5.74) is 0.386. The Balaban J connectivity index is 1.69. The predicted molar refractivity (Wildman–Crippen MR) is 93.4 cm³/mol. The highest BCUT2D eigenvalue weighted by molar-refractivity contribution is 5.78. The Bertz CT molecular complexity index is 787. The summed E-state index contributed by atoms with van der Waals surface area (Å²) in [6.45, 7) is 5.36. The summed E-state index contributed by atoms with van der Waals surface area (Å²) in [7, 11) is 0. The van der Waals surface area contributed by atoms with Gasteiger partial charge in [0.2, 0.25) is 5.60 Å². The van der Waals surface area contributed by atoms with Gasteiger partial charge in [0.05, 0.1) is 0 Å². The smallest absolute Gasteiger partial charge is 0.348 e. The number of rotatable bonds is 5. The lowest BCUT2D eigenvalue weighted by Gasteiger charge is -2.38. The van der Waals surface area contributed by atoms with Gasteiger partial charge in [0, 0.05) is 50.4 Å². The lowest BCUT2D eigenvalue weighted by molar-refractivity contribution is -0.160. The van der Waals surface area contributed by atoms with Gasteiger partial charge in [-0.05, 0) is 31.5 Å². The molecule has 7 heteroatoms. The fourth-order valence-electron chi connectivity index (χ4n) is 3.09. The van der Waals surface area contributed by atoms with Crippen LogP contribution in [0.15, 0.2) is 30.6 Å². The second-order valence-corrected chi connectivity index (χ2v) is 6.75. The SMILES string of the molecule is Cc1ccc(F)c(OC2(C(=O)O)CCN(Cc3cnc(C)nc3)CC2)c1. The summed E-state index contributed by atoms with van der Waals surface area (Å²) in [5.74, 6) is -0.897. The topological polar surface area (TPSA) is 75.6 Å². The molecular formula is C19H22FN3O3. The number of halogens is 1. The van der Waals surface area contributed by atoms with Crippen molar-refractivity contribution < 1.29 is 19.0 Å². The molecule has 0 bridgehead atoms. The lowest BCUT2D eigenvalue weighted by Crippen LogP contribution is -2.53. The monoisotopic (exact) mass is 359 g/mol. The summed E-state index contributed by atoms with van der Waals surface area (Å²) >= 11 is 0. The van der Waals surface area contributed by atoms with Crippen molar-refractivity contribution in [2.45, 2.75) is 38.8 Å². The van der Waals surface area contributed by atoms with E-state index in [2.05, 4.69) is 14.9 Å². The van der Waals surface area contributed by atoms with Crippen molar-refractivity contribution in [1.82, 2.24) is 14.9 Å². The molecular weight excluding hydrogens is 337 g/mol. The van der Waals surface area contributed by atoms with Crippen molar-refractivity contribution in [3.05, 3.63) is 53.4 Å². The summed E-state index contributed by atoms with van der Waals surface area (Å²) in [5, 5.41) is 9.73. The van der Waals surface area contributed by atoms with Crippen molar-refractivity contribution in [2.75, 3.05) is 13.1 Å². The van der Waals surface area contributed by atoms with Crippen LogP contribution in [0.3, 0.4) is 0 Å².